The van der Waals surface area contributed by atoms with E-state index in [1.807, 2.05) is 13.0 Å². The highest BCUT2D eigenvalue weighted by Gasteiger charge is 2.34. The first-order chi connectivity index (χ1) is 9.70. The van der Waals surface area contributed by atoms with Crippen LogP contribution in [0.25, 0.3) is 5.65 Å². The quantitative estimate of drug-likeness (QED) is 0.820. The second-order valence-corrected chi connectivity index (χ2v) is 5.80. The van der Waals surface area contributed by atoms with Crippen LogP contribution in [-0.4, -0.2) is 50.2 Å². The number of fused-ring (bicyclic) bond motifs is 4. The van der Waals surface area contributed by atoms with Crippen LogP contribution in [0, 0.1) is 12.8 Å². The van der Waals surface area contributed by atoms with E-state index in [0.29, 0.717) is 17.5 Å². The zero-order chi connectivity index (χ0) is 13.7. The Bertz CT molecular complexity index is 696. The summed E-state index contributed by atoms with van der Waals surface area (Å²) in [5.41, 5.74) is 0.380. The van der Waals surface area contributed by atoms with Crippen molar-refractivity contribution in [3.63, 3.8) is 0 Å². The smallest absolute Gasteiger partial charge is 0.349 e. The maximum absolute atomic E-state index is 11.6. The largest absolute Gasteiger partial charge is 0.366 e. The van der Waals surface area contributed by atoms with E-state index >= 15 is 0 Å². The molecule has 1 atom stereocenters. The molecule has 2 bridgehead atoms. The molecular weight excluding hydrogens is 256 g/mol. The molecule has 20 heavy (non-hydrogen) atoms. The highest BCUT2D eigenvalue weighted by molar-refractivity contribution is 5.50. The standard InChI is InChI=1S/C13H18N6O/c1-8-14-11(6-12-16-17-13(20)19(8)12)15-10-7-18-4-2-9(10)3-5-18/h6,9-10,15H,2-5,7H2,1H3,(H,17,20). The molecule has 0 spiro atoms. The van der Waals surface area contributed by atoms with Crippen LogP contribution in [0.2, 0.25) is 0 Å². The van der Waals surface area contributed by atoms with Gasteiger partial charge in [0, 0.05) is 18.7 Å². The Morgan fingerprint density at radius 1 is 1.40 bits per heavy atom. The van der Waals surface area contributed by atoms with Gasteiger partial charge in [-0.1, -0.05) is 0 Å². The molecule has 1 unspecified atom stereocenters. The number of anilines is 1. The zero-order valence-corrected chi connectivity index (χ0v) is 11.5. The number of piperidine rings is 3. The number of H-pyrrole nitrogens is 1. The zero-order valence-electron chi connectivity index (χ0n) is 11.5. The predicted molar refractivity (Wildman–Crippen MR) is 74.9 cm³/mol. The molecule has 3 fully saturated rings. The van der Waals surface area contributed by atoms with Gasteiger partial charge in [-0.3, -0.25) is 0 Å². The van der Waals surface area contributed by atoms with Gasteiger partial charge in [0.25, 0.3) is 0 Å². The average Bonchev–Trinajstić information content (AvgIpc) is 2.82. The van der Waals surface area contributed by atoms with Crippen molar-refractivity contribution in [1.82, 2.24) is 24.5 Å². The van der Waals surface area contributed by atoms with E-state index in [2.05, 4.69) is 25.4 Å². The summed E-state index contributed by atoms with van der Waals surface area (Å²) in [4.78, 5) is 18.6. The summed E-state index contributed by atoms with van der Waals surface area (Å²) in [6.07, 6.45) is 2.53. The van der Waals surface area contributed by atoms with Gasteiger partial charge in [0.15, 0.2) is 5.65 Å². The first-order valence-electron chi connectivity index (χ1n) is 7.14. The molecule has 2 aromatic heterocycles. The Morgan fingerprint density at radius 3 is 2.90 bits per heavy atom. The van der Waals surface area contributed by atoms with Crippen LogP contribution in [0.3, 0.4) is 0 Å². The molecule has 3 aliphatic heterocycles. The first kappa shape index (κ1) is 11.9. The number of aryl methyl sites for hydroxylation is 1. The van der Waals surface area contributed by atoms with Gasteiger partial charge in [-0.05, 0) is 38.8 Å². The fourth-order valence-electron chi connectivity index (χ4n) is 3.49. The van der Waals surface area contributed by atoms with Crippen LogP contribution in [0.15, 0.2) is 10.9 Å². The van der Waals surface area contributed by atoms with E-state index in [4.69, 9.17) is 0 Å². The molecule has 0 aromatic carbocycles. The Hall–Kier alpha value is -1.89. The molecule has 5 heterocycles. The Morgan fingerprint density at radius 2 is 2.20 bits per heavy atom. The van der Waals surface area contributed by atoms with Gasteiger partial charge in [0.2, 0.25) is 0 Å². The number of aromatic amines is 1. The molecule has 7 nitrogen and oxygen atoms in total. The second kappa shape index (κ2) is 4.31. The third-order valence-electron chi connectivity index (χ3n) is 4.56. The van der Waals surface area contributed by atoms with Crippen LogP contribution in [-0.2, 0) is 0 Å². The minimum atomic E-state index is -0.237. The van der Waals surface area contributed by atoms with Crippen molar-refractivity contribution in [3.8, 4) is 0 Å². The van der Waals surface area contributed by atoms with Crippen molar-refractivity contribution in [2.75, 3.05) is 25.0 Å². The van der Waals surface area contributed by atoms with Gasteiger partial charge in [0.1, 0.15) is 11.6 Å². The summed E-state index contributed by atoms with van der Waals surface area (Å²) in [5, 5.41) is 10.0. The summed E-state index contributed by atoms with van der Waals surface area (Å²) in [6, 6.07) is 2.29. The number of aromatic nitrogens is 4. The maximum Gasteiger partial charge on any atom is 0.349 e. The maximum atomic E-state index is 11.6. The average molecular weight is 274 g/mol. The minimum absolute atomic E-state index is 0.237. The van der Waals surface area contributed by atoms with Crippen molar-refractivity contribution in [2.45, 2.75) is 25.8 Å². The fourth-order valence-corrected chi connectivity index (χ4v) is 3.49. The van der Waals surface area contributed by atoms with Gasteiger partial charge in [-0.25, -0.2) is 19.3 Å². The van der Waals surface area contributed by atoms with E-state index in [1.165, 1.54) is 30.3 Å². The Kier molecular flexibility index (Phi) is 2.56. The number of hydrogen-bond donors (Lipinski definition) is 2. The SMILES string of the molecule is Cc1nc(NC2CN3CCC2CC3)cc2n[nH]c(=O)n12. The first-order valence-corrected chi connectivity index (χ1v) is 7.14. The van der Waals surface area contributed by atoms with Crippen LogP contribution in [0.5, 0.6) is 0 Å². The van der Waals surface area contributed by atoms with Gasteiger partial charge < -0.3 is 10.2 Å². The fraction of sp³-hybridized carbons (Fsp3) is 0.615. The Balaban J connectivity index is 1.64. The molecular formula is C13H18N6O. The second-order valence-electron chi connectivity index (χ2n) is 5.80. The van der Waals surface area contributed by atoms with E-state index in [9.17, 15) is 4.79 Å². The third-order valence-corrected chi connectivity index (χ3v) is 4.56. The van der Waals surface area contributed by atoms with Crippen LogP contribution >= 0.6 is 0 Å². The number of nitrogens with zero attached hydrogens (tertiary/aromatic N) is 4. The monoisotopic (exact) mass is 274 g/mol. The highest BCUT2D eigenvalue weighted by Crippen LogP contribution is 2.29. The lowest BCUT2D eigenvalue weighted by molar-refractivity contribution is 0.0974. The lowest BCUT2D eigenvalue weighted by Crippen LogP contribution is -2.53. The summed E-state index contributed by atoms with van der Waals surface area (Å²) in [7, 11) is 0. The molecule has 2 N–H and O–H groups in total. The van der Waals surface area contributed by atoms with Gasteiger partial charge in [0.05, 0.1) is 0 Å². The minimum Gasteiger partial charge on any atom is -0.366 e. The molecule has 0 amide bonds. The summed E-state index contributed by atoms with van der Waals surface area (Å²) in [5.74, 6) is 2.21. The van der Waals surface area contributed by atoms with Crippen molar-refractivity contribution in [3.05, 3.63) is 22.4 Å². The molecule has 106 valence electrons. The lowest BCUT2D eigenvalue weighted by atomic mass is 9.84. The van der Waals surface area contributed by atoms with Gasteiger partial charge >= 0.3 is 5.69 Å². The molecule has 3 aliphatic rings. The summed E-state index contributed by atoms with van der Waals surface area (Å²) in [6.45, 7) is 5.36. The van der Waals surface area contributed by atoms with Gasteiger partial charge in [-0.2, -0.15) is 5.10 Å². The predicted octanol–water partition coefficient (Wildman–Crippen LogP) is 0.232. The van der Waals surface area contributed by atoms with Crippen molar-refractivity contribution >= 4 is 11.5 Å². The number of nitrogens with one attached hydrogen (secondary N) is 2. The van der Waals surface area contributed by atoms with Gasteiger partial charge in [-0.15, -0.1) is 0 Å². The van der Waals surface area contributed by atoms with E-state index in [0.717, 1.165) is 18.3 Å². The van der Waals surface area contributed by atoms with Crippen LogP contribution in [0.1, 0.15) is 18.7 Å². The molecule has 5 rings (SSSR count). The molecule has 7 heteroatoms. The molecule has 2 aromatic rings. The van der Waals surface area contributed by atoms with Crippen LogP contribution < -0.4 is 11.0 Å². The van der Waals surface area contributed by atoms with E-state index in [-0.39, 0.29) is 5.69 Å². The van der Waals surface area contributed by atoms with E-state index in [1.54, 1.807) is 0 Å². The summed E-state index contributed by atoms with van der Waals surface area (Å²) < 4.78 is 1.49. The van der Waals surface area contributed by atoms with Crippen molar-refractivity contribution in [2.24, 2.45) is 5.92 Å². The Labute approximate surface area is 116 Å². The molecule has 0 saturated carbocycles. The lowest BCUT2D eigenvalue weighted by Gasteiger charge is -2.45. The molecule has 0 aliphatic carbocycles. The molecule has 0 radical (unpaired) electrons. The van der Waals surface area contributed by atoms with Crippen molar-refractivity contribution < 1.29 is 0 Å². The number of hydrogen-bond acceptors (Lipinski definition) is 5. The number of rotatable bonds is 2. The summed E-state index contributed by atoms with van der Waals surface area (Å²) >= 11 is 0. The third kappa shape index (κ3) is 1.81. The normalized spacial score (nSPS) is 28.9. The highest BCUT2D eigenvalue weighted by atomic mass is 16.1. The van der Waals surface area contributed by atoms with E-state index < -0.39 is 0 Å². The van der Waals surface area contributed by atoms with Crippen LogP contribution in [0.4, 0.5) is 5.82 Å². The van der Waals surface area contributed by atoms with Crippen molar-refractivity contribution in [1.29, 1.82) is 0 Å². The topological polar surface area (TPSA) is 78.3 Å². The molecule has 3 saturated heterocycles.